The Morgan fingerprint density at radius 1 is 0.895 bits per heavy atom. The molecule has 4 N–H and O–H groups in total. The largest absolute Gasteiger partial charge is 0.392 e. The number of carbonyl (C=O) groups is 5. The molecular formula is C28H42N4O6. The number of amides is 5. The summed E-state index contributed by atoms with van der Waals surface area (Å²) in [7, 11) is 0. The molecule has 1 aliphatic heterocycles. The number of carbonyl (C=O) groups excluding carboxylic acids is 5. The molecule has 10 heteroatoms. The molecule has 1 aromatic carbocycles. The summed E-state index contributed by atoms with van der Waals surface area (Å²) in [6, 6.07) is 6.03. The minimum absolute atomic E-state index is 0.0898. The number of unbranched alkanes of at least 4 members (excludes halogenated alkanes) is 3. The van der Waals surface area contributed by atoms with Crippen molar-refractivity contribution in [3.63, 3.8) is 0 Å². The van der Waals surface area contributed by atoms with Crippen molar-refractivity contribution >= 4 is 35.2 Å². The molecule has 1 heterocycles. The average molecular weight is 531 g/mol. The van der Waals surface area contributed by atoms with Crippen molar-refractivity contribution in [2.45, 2.75) is 84.8 Å². The maximum atomic E-state index is 12.7. The minimum atomic E-state index is -0.734. The van der Waals surface area contributed by atoms with Crippen LogP contribution in [0.3, 0.4) is 0 Å². The fourth-order valence-corrected chi connectivity index (χ4v) is 3.50. The fraction of sp³-hybridized carbons (Fsp3) is 0.536. The Morgan fingerprint density at radius 2 is 1.53 bits per heavy atom. The number of hydrogen-bond donors (Lipinski definition) is 4. The van der Waals surface area contributed by atoms with Crippen molar-refractivity contribution in [1.82, 2.24) is 15.5 Å². The van der Waals surface area contributed by atoms with Crippen molar-refractivity contribution in [2.24, 2.45) is 0 Å². The maximum absolute atomic E-state index is 12.7. The van der Waals surface area contributed by atoms with E-state index in [1.54, 1.807) is 24.3 Å². The van der Waals surface area contributed by atoms with E-state index in [-0.39, 0.29) is 43.2 Å². The summed E-state index contributed by atoms with van der Waals surface area (Å²) >= 11 is 0. The molecule has 1 atom stereocenters. The van der Waals surface area contributed by atoms with Crippen molar-refractivity contribution in [2.75, 3.05) is 18.4 Å². The van der Waals surface area contributed by atoms with E-state index in [9.17, 15) is 24.0 Å². The van der Waals surface area contributed by atoms with Gasteiger partial charge in [0.1, 0.15) is 6.04 Å². The number of aliphatic hydroxyl groups is 1. The molecule has 0 aliphatic carbocycles. The van der Waals surface area contributed by atoms with Gasteiger partial charge in [-0.1, -0.05) is 58.6 Å². The van der Waals surface area contributed by atoms with Gasteiger partial charge in [-0.2, -0.15) is 0 Å². The van der Waals surface area contributed by atoms with Crippen LogP contribution in [0.1, 0.15) is 77.7 Å². The Balaban J connectivity index is 0.00000229. The fourth-order valence-electron chi connectivity index (χ4n) is 3.50. The molecule has 2 rings (SSSR count). The Labute approximate surface area is 225 Å². The third kappa shape index (κ3) is 12.6. The SMILES string of the molecule is CCC.CCCC[C@H](NC(=O)CNC(=O)CCCCCN1C(=O)C=CC1=O)C(=O)Nc1ccc(CO)cc1. The zero-order valence-electron chi connectivity index (χ0n) is 22.8. The van der Waals surface area contributed by atoms with Gasteiger partial charge >= 0.3 is 0 Å². The normalized spacial score (nSPS) is 13.0. The Bertz CT molecular complexity index is 927. The molecule has 0 saturated carbocycles. The second-order valence-electron chi connectivity index (χ2n) is 9.06. The summed E-state index contributed by atoms with van der Waals surface area (Å²) < 4.78 is 0. The molecule has 0 spiro atoms. The van der Waals surface area contributed by atoms with Crippen LogP contribution in [-0.2, 0) is 30.6 Å². The predicted octanol–water partition coefficient (Wildman–Crippen LogP) is 2.81. The Kier molecular flexibility index (Phi) is 16.0. The third-order valence-corrected chi connectivity index (χ3v) is 5.53. The quantitative estimate of drug-likeness (QED) is 0.203. The van der Waals surface area contributed by atoms with E-state index in [1.807, 2.05) is 6.92 Å². The molecular weight excluding hydrogens is 488 g/mol. The predicted molar refractivity (Wildman–Crippen MR) is 146 cm³/mol. The van der Waals surface area contributed by atoms with Crippen molar-refractivity contribution in [3.8, 4) is 0 Å². The highest BCUT2D eigenvalue weighted by atomic mass is 16.3. The van der Waals surface area contributed by atoms with Crippen molar-refractivity contribution < 1.29 is 29.1 Å². The zero-order chi connectivity index (χ0) is 28.3. The van der Waals surface area contributed by atoms with E-state index in [0.29, 0.717) is 37.9 Å². The molecule has 0 aromatic heterocycles. The molecule has 210 valence electrons. The van der Waals surface area contributed by atoms with Gasteiger partial charge in [0.05, 0.1) is 13.2 Å². The van der Waals surface area contributed by atoms with E-state index in [0.717, 1.165) is 18.4 Å². The molecule has 1 aliphatic rings. The molecule has 38 heavy (non-hydrogen) atoms. The monoisotopic (exact) mass is 530 g/mol. The van der Waals surface area contributed by atoms with Gasteiger partial charge in [-0.15, -0.1) is 0 Å². The maximum Gasteiger partial charge on any atom is 0.253 e. The first kappa shape index (κ1) is 32.5. The third-order valence-electron chi connectivity index (χ3n) is 5.53. The van der Waals surface area contributed by atoms with Crippen LogP contribution in [0.2, 0.25) is 0 Å². The van der Waals surface area contributed by atoms with Crippen LogP contribution in [0.25, 0.3) is 0 Å². The van der Waals surface area contributed by atoms with Crippen LogP contribution in [0.4, 0.5) is 5.69 Å². The average Bonchev–Trinajstić information content (AvgIpc) is 3.22. The van der Waals surface area contributed by atoms with Crippen molar-refractivity contribution in [3.05, 3.63) is 42.0 Å². The standard InChI is InChI=1S/C25H34N4O6.C3H8/c1-2-3-7-20(25(35)27-19-11-9-18(17-30)10-12-19)28-22(32)16-26-21(31)8-5-4-6-15-29-23(33)13-14-24(29)34;1-3-2/h9-14,20,30H,2-8,15-17H2,1H3,(H,26,31)(H,27,35)(H,28,32);3H2,1-2H3/t20-;/m0./s1. The van der Waals surface area contributed by atoms with Gasteiger partial charge in [0.25, 0.3) is 11.8 Å². The van der Waals surface area contributed by atoms with Crippen LogP contribution in [-0.4, -0.2) is 58.7 Å². The van der Waals surface area contributed by atoms with Gasteiger partial charge in [-0.3, -0.25) is 28.9 Å². The second-order valence-corrected chi connectivity index (χ2v) is 9.06. The van der Waals surface area contributed by atoms with Crippen LogP contribution in [0, 0.1) is 0 Å². The zero-order valence-corrected chi connectivity index (χ0v) is 22.8. The lowest BCUT2D eigenvalue weighted by molar-refractivity contribution is -0.137. The summed E-state index contributed by atoms with van der Waals surface area (Å²) in [4.78, 5) is 61.2. The number of benzene rings is 1. The molecule has 0 fully saturated rings. The van der Waals surface area contributed by atoms with E-state index < -0.39 is 11.9 Å². The number of rotatable bonds is 15. The number of hydrogen-bond acceptors (Lipinski definition) is 6. The Hall–Kier alpha value is -3.53. The van der Waals surface area contributed by atoms with Crippen molar-refractivity contribution in [1.29, 1.82) is 0 Å². The van der Waals surface area contributed by atoms with Crippen LogP contribution in [0.15, 0.2) is 36.4 Å². The summed E-state index contributed by atoms with van der Waals surface area (Å²) in [6.45, 7) is 6.24. The second kappa shape index (κ2) is 18.7. The van der Waals surface area contributed by atoms with Gasteiger partial charge < -0.3 is 21.1 Å². The molecule has 0 saturated heterocycles. The van der Waals surface area contributed by atoms with Gasteiger partial charge in [0.15, 0.2) is 0 Å². The highest BCUT2D eigenvalue weighted by Gasteiger charge is 2.22. The van der Waals surface area contributed by atoms with Crippen LogP contribution in [0.5, 0.6) is 0 Å². The first-order valence-electron chi connectivity index (χ1n) is 13.4. The summed E-state index contributed by atoms with van der Waals surface area (Å²) in [6.07, 6.45) is 7.86. The van der Waals surface area contributed by atoms with Gasteiger partial charge in [0, 0.05) is 30.8 Å². The lowest BCUT2D eigenvalue weighted by Gasteiger charge is -2.18. The Morgan fingerprint density at radius 3 is 2.11 bits per heavy atom. The molecule has 10 nitrogen and oxygen atoms in total. The van der Waals surface area contributed by atoms with E-state index in [2.05, 4.69) is 29.8 Å². The molecule has 0 unspecified atom stereocenters. The number of imide groups is 1. The smallest absolute Gasteiger partial charge is 0.253 e. The number of aliphatic hydroxyl groups excluding tert-OH is 1. The summed E-state index contributed by atoms with van der Waals surface area (Å²) in [5, 5.41) is 17.1. The minimum Gasteiger partial charge on any atom is -0.392 e. The molecule has 0 radical (unpaired) electrons. The number of nitrogens with zero attached hydrogens (tertiary/aromatic N) is 1. The first-order valence-corrected chi connectivity index (χ1v) is 13.4. The van der Waals surface area contributed by atoms with Crippen LogP contribution >= 0.6 is 0 Å². The van der Waals surface area contributed by atoms with E-state index >= 15 is 0 Å². The molecule has 1 aromatic rings. The van der Waals surface area contributed by atoms with E-state index in [4.69, 9.17) is 5.11 Å². The lowest BCUT2D eigenvalue weighted by Crippen LogP contribution is -2.47. The summed E-state index contributed by atoms with van der Waals surface area (Å²) in [5.41, 5.74) is 1.29. The molecule has 5 amide bonds. The highest BCUT2D eigenvalue weighted by molar-refractivity contribution is 6.12. The van der Waals surface area contributed by atoms with Gasteiger partial charge in [-0.25, -0.2) is 0 Å². The van der Waals surface area contributed by atoms with Gasteiger partial charge in [0.2, 0.25) is 17.7 Å². The lowest BCUT2D eigenvalue weighted by atomic mass is 10.1. The highest BCUT2D eigenvalue weighted by Crippen LogP contribution is 2.12. The van der Waals surface area contributed by atoms with E-state index in [1.165, 1.54) is 23.5 Å². The van der Waals surface area contributed by atoms with Gasteiger partial charge in [-0.05, 0) is 37.0 Å². The first-order chi connectivity index (χ1) is 18.2. The number of anilines is 1. The molecule has 0 bridgehead atoms. The van der Waals surface area contributed by atoms with Crippen LogP contribution < -0.4 is 16.0 Å². The summed E-state index contributed by atoms with van der Waals surface area (Å²) in [5.74, 6) is -1.72. The number of nitrogens with one attached hydrogen (secondary N) is 3. The topological polar surface area (TPSA) is 145 Å².